The van der Waals surface area contributed by atoms with Crippen LogP contribution < -0.4 is 14.8 Å². The second-order valence-corrected chi connectivity index (χ2v) is 7.92. The molecule has 2 N–H and O–H groups in total. The maximum atomic E-state index is 12.4. The summed E-state index contributed by atoms with van der Waals surface area (Å²) in [6, 6.07) is 10.1. The fraction of sp³-hybridized carbons (Fsp3) is 0.235. The molecule has 0 saturated heterocycles. The number of hydrogen-bond acceptors (Lipinski definition) is 5. The molecule has 0 bridgehead atoms. The highest BCUT2D eigenvalue weighted by atomic mass is 35.5. The highest BCUT2D eigenvalue weighted by Crippen LogP contribution is 2.25. The molecule has 146 valence electrons. The van der Waals surface area contributed by atoms with E-state index in [1.807, 2.05) is 0 Å². The molecule has 2 rings (SSSR count). The Hall–Kier alpha value is -2.00. The molecule has 10 heteroatoms. The van der Waals surface area contributed by atoms with Crippen LogP contribution in [-0.2, 0) is 19.6 Å². The van der Waals surface area contributed by atoms with E-state index in [1.54, 1.807) is 0 Å². The molecule has 0 aliphatic carbocycles. The van der Waals surface area contributed by atoms with Gasteiger partial charge in [-0.25, -0.2) is 8.42 Å². The van der Waals surface area contributed by atoms with Crippen molar-refractivity contribution in [2.75, 3.05) is 31.6 Å². The zero-order chi connectivity index (χ0) is 19.9. The number of hydrogen-bond donors (Lipinski definition) is 2. The zero-order valence-electron chi connectivity index (χ0n) is 14.4. The molecule has 0 aliphatic heterocycles. The molecule has 0 radical (unpaired) electrons. The third kappa shape index (κ3) is 6.91. The van der Waals surface area contributed by atoms with Crippen LogP contribution in [0.2, 0.25) is 10.0 Å². The highest BCUT2D eigenvalue weighted by molar-refractivity contribution is 7.92. The minimum Gasteiger partial charge on any atom is -0.484 e. The van der Waals surface area contributed by atoms with Gasteiger partial charge in [-0.2, -0.15) is 0 Å². The van der Waals surface area contributed by atoms with Gasteiger partial charge in [0.05, 0.1) is 17.2 Å². The van der Waals surface area contributed by atoms with Crippen LogP contribution in [0.1, 0.15) is 0 Å². The van der Waals surface area contributed by atoms with Gasteiger partial charge in [0.15, 0.2) is 6.61 Å². The van der Waals surface area contributed by atoms with E-state index in [4.69, 9.17) is 32.7 Å². The van der Waals surface area contributed by atoms with E-state index in [1.165, 1.54) is 49.6 Å². The monoisotopic (exact) mass is 432 g/mol. The van der Waals surface area contributed by atoms with E-state index >= 15 is 0 Å². The smallest absolute Gasteiger partial charge is 0.261 e. The number of rotatable bonds is 9. The van der Waals surface area contributed by atoms with Crippen molar-refractivity contribution in [1.82, 2.24) is 5.32 Å². The van der Waals surface area contributed by atoms with Crippen LogP contribution in [0.5, 0.6) is 5.75 Å². The maximum absolute atomic E-state index is 12.4. The number of methoxy groups -OCH3 is 1. The second kappa shape index (κ2) is 9.80. The Morgan fingerprint density at radius 1 is 1.07 bits per heavy atom. The normalized spacial score (nSPS) is 11.1. The van der Waals surface area contributed by atoms with Crippen LogP contribution in [0.15, 0.2) is 47.4 Å². The van der Waals surface area contributed by atoms with E-state index in [0.29, 0.717) is 28.9 Å². The first-order valence-corrected chi connectivity index (χ1v) is 10.0. The molecule has 0 saturated carbocycles. The van der Waals surface area contributed by atoms with Crippen LogP contribution in [0.25, 0.3) is 0 Å². The van der Waals surface area contributed by atoms with Gasteiger partial charge in [0, 0.05) is 23.7 Å². The summed E-state index contributed by atoms with van der Waals surface area (Å²) < 4.78 is 37.4. The molecule has 0 aliphatic rings. The lowest BCUT2D eigenvalue weighted by atomic mass is 10.3. The third-order valence-corrected chi connectivity index (χ3v) is 5.08. The molecular formula is C17H18Cl2N2O5S. The summed E-state index contributed by atoms with van der Waals surface area (Å²) >= 11 is 11.7. The lowest BCUT2D eigenvalue weighted by Crippen LogP contribution is -2.31. The Kier molecular flexibility index (Phi) is 7.73. The van der Waals surface area contributed by atoms with Gasteiger partial charge in [0.25, 0.3) is 15.9 Å². The van der Waals surface area contributed by atoms with E-state index in [2.05, 4.69) is 10.0 Å². The van der Waals surface area contributed by atoms with Gasteiger partial charge >= 0.3 is 0 Å². The first-order chi connectivity index (χ1) is 12.8. The lowest BCUT2D eigenvalue weighted by Gasteiger charge is -2.10. The first kappa shape index (κ1) is 21.3. The summed E-state index contributed by atoms with van der Waals surface area (Å²) in [7, 11) is -2.29. The van der Waals surface area contributed by atoms with Crippen molar-refractivity contribution < 1.29 is 22.7 Å². The number of halogens is 2. The number of sulfonamides is 1. The Morgan fingerprint density at radius 3 is 2.30 bits per heavy atom. The number of amides is 1. The second-order valence-electron chi connectivity index (χ2n) is 5.37. The van der Waals surface area contributed by atoms with E-state index in [9.17, 15) is 13.2 Å². The fourth-order valence-corrected chi connectivity index (χ4v) is 3.60. The van der Waals surface area contributed by atoms with Gasteiger partial charge in [0.1, 0.15) is 5.75 Å². The minimum absolute atomic E-state index is 0.0236. The number of benzene rings is 2. The van der Waals surface area contributed by atoms with Crippen molar-refractivity contribution >= 4 is 44.8 Å². The summed E-state index contributed by atoms with van der Waals surface area (Å²) in [5, 5.41) is 3.23. The largest absolute Gasteiger partial charge is 0.484 e. The van der Waals surface area contributed by atoms with E-state index < -0.39 is 10.0 Å². The van der Waals surface area contributed by atoms with Crippen molar-refractivity contribution in [2.24, 2.45) is 0 Å². The predicted molar refractivity (Wildman–Crippen MR) is 104 cm³/mol. The summed E-state index contributed by atoms with van der Waals surface area (Å²) in [5.41, 5.74) is 0.251. The zero-order valence-corrected chi connectivity index (χ0v) is 16.7. The van der Waals surface area contributed by atoms with Crippen molar-refractivity contribution in [3.05, 3.63) is 52.5 Å². The van der Waals surface area contributed by atoms with Crippen molar-refractivity contribution in [3.63, 3.8) is 0 Å². The summed E-state index contributed by atoms with van der Waals surface area (Å²) in [5.74, 6) is 0.0601. The molecule has 0 fully saturated rings. The highest BCUT2D eigenvalue weighted by Gasteiger charge is 2.15. The first-order valence-electron chi connectivity index (χ1n) is 7.77. The van der Waals surface area contributed by atoms with Crippen LogP contribution in [0.3, 0.4) is 0 Å². The summed E-state index contributed by atoms with van der Waals surface area (Å²) in [4.78, 5) is 11.6. The molecule has 1 amide bonds. The average molecular weight is 433 g/mol. The quantitative estimate of drug-likeness (QED) is 0.594. The maximum Gasteiger partial charge on any atom is 0.261 e. The number of nitrogens with one attached hydrogen (secondary N) is 2. The molecule has 0 heterocycles. The van der Waals surface area contributed by atoms with E-state index in [-0.39, 0.29) is 23.1 Å². The van der Waals surface area contributed by atoms with Gasteiger partial charge in [-0.3, -0.25) is 9.52 Å². The third-order valence-electron chi connectivity index (χ3n) is 3.25. The van der Waals surface area contributed by atoms with Crippen LogP contribution in [0.4, 0.5) is 5.69 Å². The average Bonchev–Trinajstić information content (AvgIpc) is 2.59. The Morgan fingerprint density at radius 2 is 1.70 bits per heavy atom. The minimum atomic E-state index is -3.83. The Bertz CT molecular complexity index is 868. The Balaban J connectivity index is 1.97. The van der Waals surface area contributed by atoms with Crippen LogP contribution >= 0.6 is 23.2 Å². The van der Waals surface area contributed by atoms with Gasteiger partial charge in [0.2, 0.25) is 0 Å². The molecule has 0 atom stereocenters. The number of anilines is 1. The summed E-state index contributed by atoms with van der Waals surface area (Å²) in [6.45, 7) is 0.604. The SMILES string of the molecule is COCCNC(=O)COc1ccc(S(=O)(=O)Nc2cc(Cl)cc(Cl)c2)cc1. The molecule has 2 aromatic rings. The van der Waals surface area contributed by atoms with Crippen molar-refractivity contribution in [3.8, 4) is 5.75 Å². The van der Waals surface area contributed by atoms with E-state index in [0.717, 1.165) is 0 Å². The van der Waals surface area contributed by atoms with Gasteiger partial charge in [-0.1, -0.05) is 23.2 Å². The van der Waals surface area contributed by atoms with Gasteiger partial charge < -0.3 is 14.8 Å². The molecule has 7 nitrogen and oxygen atoms in total. The number of carbonyl (C=O) groups is 1. The molecule has 0 spiro atoms. The fourth-order valence-electron chi connectivity index (χ4n) is 2.03. The lowest BCUT2D eigenvalue weighted by molar-refractivity contribution is -0.123. The molecule has 27 heavy (non-hydrogen) atoms. The molecule has 2 aromatic carbocycles. The van der Waals surface area contributed by atoms with Crippen LogP contribution in [-0.4, -0.2) is 41.2 Å². The van der Waals surface area contributed by atoms with Crippen LogP contribution in [0, 0.1) is 0 Å². The van der Waals surface area contributed by atoms with Crippen molar-refractivity contribution in [1.29, 1.82) is 0 Å². The van der Waals surface area contributed by atoms with Gasteiger partial charge in [-0.05, 0) is 42.5 Å². The topological polar surface area (TPSA) is 93.7 Å². The standard InChI is InChI=1S/C17H18Cl2N2O5S/c1-25-7-6-20-17(22)11-26-15-2-4-16(5-3-15)27(23,24)21-14-9-12(18)8-13(19)10-14/h2-5,8-10,21H,6-7,11H2,1H3,(H,20,22). The van der Waals surface area contributed by atoms with Crippen molar-refractivity contribution in [2.45, 2.75) is 4.90 Å². The molecular weight excluding hydrogens is 415 g/mol. The Labute approximate surface area is 167 Å². The number of ether oxygens (including phenoxy) is 2. The predicted octanol–water partition coefficient (Wildman–Crippen LogP) is 2.94. The number of carbonyl (C=O) groups excluding carboxylic acids is 1. The van der Waals surface area contributed by atoms with Gasteiger partial charge in [-0.15, -0.1) is 0 Å². The molecule has 0 unspecified atom stereocenters. The molecule has 0 aromatic heterocycles. The summed E-state index contributed by atoms with van der Waals surface area (Å²) in [6.07, 6.45) is 0.